The number of nitrogens with zero attached hydrogens (tertiary/aromatic N) is 1. The molecule has 3 heteroatoms. The zero-order valence-electron chi connectivity index (χ0n) is 17.5. The van der Waals surface area contributed by atoms with E-state index < -0.39 is 0 Å². The van der Waals surface area contributed by atoms with Gasteiger partial charge in [-0.3, -0.25) is 4.90 Å². The average Bonchev–Trinajstić information content (AvgIpc) is 2.85. The van der Waals surface area contributed by atoms with Crippen molar-refractivity contribution in [2.24, 2.45) is 0 Å². The van der Waals surface area contributed by atoms with E-state index in [1.54, 1.807) is 4.90 Å². The Morgan fingerprint density at radius 3 is 2.85 bits per heavy atom. The van der Waals surface area contributed by atoms with Crippen molar-refractivity contribution in [3.63, 3.8) is 0 Å². The van der Waals surface area contributed by atoms with Crippen LogP contribution in [0.3, 0.4) is 0 Å². The smallest absolute Gasteiger partial charge is 0.410 e. The normalized spacial score (nSPS) is 23.6. The highest BCUT2D eigenvalue weighted by atomic mass is 16.6. The topological polar surface area (TPSA) is 29.5 Å². The van der Waals surface area contributed by atoms with Crippen LogP contribution in [0.1, 0.15) is 66.7 Å². The lowest BCUT2D eigenvalue weighted by atomic mass is 9.95. The Kier molecular flexibility index (Phi) is 7.54. The van der Waals surface area contributed by atoms with E-state index in [4.69, 9.17) is 4.74 Å². The van der Waals surface area contributed by atoms with Crippen molar-refractivity contribution in [2.75, 3.05) is 6.54 Å². The predicted octanol–water partition coefficient (Wildman–Crippen LogP) is 5.95. The molecule has 1 aliphatic heterocycles. The van der Waals surface area contributed by atoms with Gasteiger partial charge in [-0.1, -0.05) is 49.0 Å². The quantitative estimate of drug-likeness (QED) is 0.577. The number of carbonyl (C=O) groups excluding carboxylic acids is 1. The monoisotopic (exact) mass is 367 g/mol. The molecular formula is C24H33NO2. The number of hydrogen-bond donors (Lipinski definition) is 0. The molecule has 146 valence electrons. The van der Waals surface area contributed by atoms with Crippen molar-refractivity contribution < 1.29 is 9.53 Å². The van der Waals surface area contributed by atoms with E-state index in [0.717, 1.165) is 24.8 Å². The molecule has 1 saturated heterocycles. The molecule has 0 unspecified atom stereocenters. The molecule has 0 aromatic carbocycles. The molecule has 0 bridgehead atoms. The van der Waals surface area contributed by atoms with E-state index in [2.05, 4.69) is 56.9 Å². The molecule has 1 amide bonds. The average molecular weight is 368 g/mol. The zero-order valence-corrected chi connectivity index (χ0v) is 17.5. The Bertz CT molecular complexity index is 723. The van der Waals surface area contributed by atoms with Crippen LogP contribution >= 0.6 is 0 Å². The second-order valence-corrected chi connectivity index (χ2v) is 7.96. The van der Waals surface area contributed by atoms with Gasteiger partial charge in [0, 0.05) is 12.1 Å². The van der Waals surface area contributed by atoms with Crippen LogP contribution in [0, 0.1) is 11.8 Å². The Balaban J connectivity index is 2.06. The number of ether oxygens (including phenoxy) is 1. The van der Waals surface area contributed by atoms with Gasteiger partial charge in [0.1, 0.15) is 0 Å². The summed E-state index contributed by atoms with van der Waals surface area (Å²) in [4.78, 5) is 14.1. The van der Waals surface area contributed by atoms with E-state index >= 15 is 0 Å². The van der Waals surface area contributed by atoms with Crippen molar-refractivity contribution in [1.82, 2.24) is 4.90 Å². The Hall–Kier alpha value is -2.21. The van der Waals surface area contributed by atoms with E-state index in [-0.39, 0.29) is 17.7 Å². The van der Waals surface area contributed by atoms with Crippen LogP contribution in [0.2, 0.25) is 0 Å². The van der Waals surface area contributed by atoms with Crippen molar-refractivity contribution in [2.45, 2.75) is 78.4 Å². The molecule has 0 aromatic rings. The Morgan fingerprint density at radius 1 is 1.37 bits per heavy atom. The molecule has 1 heterocycles. The van der Waals surface area contributed by atoms with Gasteiger partial charge in [-0.25, -0.2) is 4.79 Å². The van der Waals surface area contributed by atoms with Crippen LogP contribution in [0.25, 0.3) is 0 Å². The summed E-state index contributed by atoms with van der Waals surface area (Å²) in [7, 11) is 0. The van der Waals surface area contributed by atoms with Crippen LogP contribution in [-0.2, 0) is 4.74 Å². The van der Waals surface area contributed by atoms with Crippen molar-refractivity contribution >= 4 is 6.09 Å². The summed E-state index contributed by atoms with van der Waals surface area (Å²) in [6, 6.07) is 0. The molecular weight excluding hydrogens is 334 g/mol. The molecule has 0 radical (unpaired) electrons. The fourth-order valence-electron chi connectivity index (χ4n) is 3.51. The Morgan fingerprint density at radius 2 is 2.15 bits per heavy atom. The van der Waals surface area contributed by atoms with Crippen LogP contribution in [0.4, 0.5) is 4.79 Å². The molecule has 0 saturated carbocycles. The summed E-state index contributed by atoms with van der Waals surface area (Å²) in [5.74, 6) is 6.47. The van der Waals surface area contributed by atoms with Crippen LogP contribution in [0.5, 0.6) is 0 Å². The largest absolute Gasteiger partial charge is 0.447 e. The lowest BCUT2D eigenvalue weighted by molar-refractivity contribution is 0.0631. The number of rotatable bonds is 3. The molecule has 0 spiro atoms. The third kappa shape index (κ3) is 5.89. The Labute approximate surface area is 164 Å². The molecule has 2 aliphatic rings. The van der Waals surface area contributed by atoms with E-state index in [0.29, 0.717) is 6.54 Å². The van der Waals surface area contributed by atoms with Crippen molar-refractivity contribution in [3.05, 3.63) is 47.1 Å². The maximum Gasteiger partial charge on any atom is 0.410 e. The van der Waals surface area contributed by atoms with Crippen LogP contribution in [0.15, 0.2) is 47.1 Å². The summed E-state index contributed by atoms with van der Waals surface area (Å²) < 4.78 is 5.37. The maximum atomic E-state index is 12.3. The number of hydrogen-bond acceptors (Lipinski definition) is 2. The highest BCUT2D eigenvalue weighted by Crippen LogP contribution is 2.34. The van der Waals surface area contributed by atoms with Gasteiger partial charge >= 0.3 is 6.09 Å². The minimum atomic E-state index is -0.358. The van der Waals surface area contributed by atoms with Gasteiger partial charge < -0.3 is 4.74 Å². The highest BCUT2D eigenvalue weighted by molar-refractivity contribution is 5.70. The minimum Gasteiger partial charge on any atom is -0.447 e. The molecule has 27 heavy (non-hydrogen) atoms. The van der Waals surface area contributed by atoms with Crippen molar-refractivity contribution in [3.8, 4) is 11.8 Å². The van der Waals surface area contributed by atoms with Crippen LogP contribution in [-0.4, -0.2) is 29.2 Å². The molecule has 2 rings (SSSR count). The van der Waals surface area contributed by atoms with Gasteiger partial charge in [-0.05, 0) is 71.1 Å². The third-order valence-electron chi connectivity index (χ3n) is 5.09. The number of amides is 1. The first-order valence-corrected chi connectivity index (χ1v) is 10.1. The van der Waals surface area contributed by atoms with E-state index in [1.165, 1.54) is 24.0 Å². The van der Waals surface area contributed by atoms with Gasteiger partial charge in [0.25, 0.3) is 0 Å². The standard InChI is InChI=1S/C24H33NO2/c1-6-10-20-11-7-13-21(14-8-12-20)15-9-16-22-17-18-25(24(22,4)5)23(26)27-19(2)3/h7,11,13-14,16,19H,6,8,10,12,17-18H2,1-5H3/b13-7-,20-11-,21-14?,22-16+. The second kappa shape index (κ2) is 9.65. The van der Waals surface area contributed by atoms with Gasteiger partial charge in [-0.15, -0.1) is 0 Å². The summed E-state index contributed by atoms with van der Waals surface area (Å²) in [5, 5.41) is 0. The van der Waals surface area contributed by atoms with Crippen LogP contribution < -0.4 is 0 Å². The summed E-state index contributed by atoms with van der Waals surface area (Å²) in [5.41, 5.74) is 3.39. The van der Waals surface area contributed by atoms with Gasteiger partial charge in [-0.2, -0.15) is 0 Å². The summed E-state index contributed by atoms with van der Waals surface area (Å²) in [6.45, 7) is 10.8. The first kappa shape index (κ1) is 21.1. The lowest BCUT2D eigenvalue weighted by Crippen LogP contribution is -2.44. The van der Waals surface area contributed by atoms with Crippen molar-refractivity contribution in [1.29, 1.82) is 0 Å². The molecule has 1 aliphatic carbocycles. The SMILES string of the molecule is CCC/C1=C/C=C\C(C#C/C=C2\CCN(C(=O)OC(C)C)C2(C)C)=CCC1. The third-order valence-corrected chi connectivity index (χ3v) is 5.09. The summed E-state index contributed by atoms with van der Waals surface area (Å²) >= 11 is 0. The van der Waals surface area contributed by atoms with E-state index in [1.807, 2.05) is 19.9 Å². The first-order valence-electron chi connectivity index (χ1n) is 10.1. The molecule has 3 nitrogen and oxygen atoms in total. The van der Waals surface area contributed by atoms with Gasteiger partial charge in [0.15, 0.2) is 0 Å². The molecule has 0 atom stereocenters. The molecule has 0 N–H and O–H groups in total. The fraction of sp³-hybridized carbons (Fsp3) is 0.542. The summed E-state index contributed by atoms with van der Waals surface area (Å²) in [6.07, 6.45) is 15.6. The minimum absolute atomic E-state index is 0.106. The fourth-order valence-corrected chi connectivity index (χ4v) is 3.51. The number of carbonyl (C=O) groups is 1. The first-order chi connectivity index (χ1) is 12.8. The zero-order chi connectivity index (χ0) is 19.9. The second-order valence-electron chi connectivity index (χ2n) is 7.96. The number of allylic oxidation sites excluding steroid dienone is 7. The van der Waals surface area contributed by atoms with E-state index in [9.17, 15) is 4.79 Å². The molecule has 1 fully saturated rings. The maximum absolute atomic E-state index is 12.3. The molecule has 0 aromatic heterocycles. The number of likely N-dealkylation sites (tertiary alicyclic amines) is 1. The lowest BCUT2D eigenvalue weighted by Gasteiger charge is -2.32. The predicted molar refractivity (Wildman–Crippen MR) is 112 cm³/mol. The van der Waals surface area contributed by atoms with Gasteiger partial charge in [0.05, 0.1) is 11.6 Å². The highest BCUT2D eigenvalue weighted by Gasteiger charge is 2.40. The van der Waals surface area contributed by atoms with Gasteiger partial charge in [0.2, 0.25) is 0 Å².